The van der Waals surface area contributed by atoms with Crippen molar-refractivity contribution in [3.63, 3.8) is 0 Å². The van der Waals surface area contributed by atoms with E-state index in [1.54, 1.807) is 0 Å². The molecule has 546 valence electrons. The van der Waals surface area contributed by atoms with Gasteiger partial charge in [-0.25, -0.2) is 9.13 Å². The highest BCUT2D eigenvalue weighted by molar-refractivity contribution is 7.47. The number of phosphoric acid groups is 2. The van der Waals surface area contributed by atoms with Gasteiger partial charge >= 0.3 is 39.5 Å². The van der Waals surface area contributed by atoms with E-state index in [2.05, 4.69) is 34.6 Å². The molecule has 0 bridgehead atoms. The first-order valence-corrected chi connectivity index (χ1v) is 41.1. The van der Waals surface area contributed by atoms with Crippen LogP contribution in [0.25, 0.3) is 0 Å². The third-order valence-corrected chi connectivity index (χ3v) is 18.9. The number of rotatable bonds is 73. The maximum absolute atomic E-state index is 13.1. The lowest BCUT2D eigenvalue weighted by atomic mass is 10.0. The second-order valence-electron chi connectivity index (χ2n) is 26.8. The Morgan fingerprint density at radius 2 is 0.500 bits per heavy atom. The number of hydrogen-bond acceptors (Lipinski definition) is 15. The summed E-state index contributed by atoms with van der Waals surface area (Å²) in [5, 5.41) is 10.6. The van der Waals surface area contributed by atoms with E-state index in [0.29, 0.717) is 25.7 Å². The van der Waals surface area contributed by atoms with Crippen molar-refractivity contribution >= 4 is 39.5 Å². The number of phosphoric ester groups is 2. The highest BCUT2D eigenvalue weighted by Gasteiger charge is 2.30. The van der Waals surface area contributed by atoms with Gasteiger partial charge in [0.2, 0.25) is 0 Å². The van der Waals surface area contributed by atoms with Crippen LogP contribution in [0.1, 0.15) is 381 Å². The molecule has 0 aromatic rings. The fourth-order valence-electron chi connectivity index (χ4n) is 11.2. The summed E-state index contributed by atoms with van der Waals surface area (Å²) < 4.78 is 68.3. The molecule has 0 aliphatic rings. The largest absolute Gasteiger partial charge is 0.472 e. The van der Waals surface area contributed by atoms with Crippen molar-refractivity contribution in [2.45, 2.75) is 400 Å². The lowest BCUT2D eigenvalue weighted by Gasteiger charge is -2.21. The van der Waals surface area contributed by atoms with Crippen LogP contribution in [0.2, 0.25) is 0 Å². The topological polar surface area (TPSA) is 237 Å². The Labute approximate surface area is 562 Å². The lowest BCUT2D eigenvalue weighted by molar-refractivity contribution is -0.161. The van der Waals surface area contributed by atoms with Crippen LogP contribution >= 0.6 is 15.6 Å². The van der Waals surface area contributed by atoms with Gasteiger partial charge in [-0.05, 0) is 31.6 Å². The standard InChI is InChI=1S/C73H142O17P2/c1-6-9-12-15-18-21-23-24-25-26-27-28-29-30-34-39-44-49-54-59-73(78)90-69(63-84-71(76)57-52-47-42-37-35-31-33-36-40-45-50-55-66(4)5)65-88-92(81,82)86-61-67(74)60-85-91(79,80)87-64-68(62-83-70(75)56-51-46-41-20-17-14-11-8-3)89-72(77)58-53-48-43-38-32-22-19-16-13-10-7-2/h66-69,74H,6-65H2,1-5H3,(H,79,80)(H,81,82)/t67-,68+,69+/m0/s1. The average molecular weight is 1350 g/mol. The van der Waals surface area contributed by atoms with E-state index >= 15 is 0 Å². The zero-order valence-electron chi connectivity index (χ0n) is 59.7. The van der Waals surface area contributed by atoms with Gasteiger partial charge in [0.05, 0.1) is 26.4 Å². The van der Waals surface area contributed by atoms with Gasteiger partial charge in [-0.1, -0.05) is 330 Å². The van der Waals surface area contributed by atoms with Crippen LogP contribution in [-0.2, 0) is 65.4 Å². The molecule has 3 N–H and O–H groups in total. The Balaban J connectivity index is 5.19. The van der Waals surface area contributed by atoms with Crippen molar-refractivity contribution in [1.82, 2.24) is 0 Å². The summed E-state index contributed by atoms with van der Waals surface area (Å²) in [4.78, 5) is 72.6. The summed E-state index contributed by atoms with van der Waals surface area (Å²) in [5.41, 5.74) is 0. The minimum atomic E-state index is -4.95. The number of carbonyl (C=O) groups excluding carboxylic acids is 4. The van der Waals surface area contributed by atoms with Crippen LogP contribution in [0.4, 0.5) is 0 Å². The van der Waals surface area contributed by atoms with Crippen LogP contribution < -0.4 is 0 Å². The van der Waals surface area contributed by atoms with Gasteiger partial charge in [0, 0.05) is 25.7 Å². The van der Waals surface area contributed by atoms with Crippen molar-refractivity contribution in [2.75, 3.05) is 39.6 Å². The first-order valence-electron chi connectivity index (χ1n) is 38.1. The molecule has 19 heteroatoms. The van der Waals surface area contributed by atoms with Crippen LogP contribution in [0.5, 0.6) is 0 Å². The van der Waals surface area contributed by atoms with Gasteiger partial charge in [-0.2, -0.15) is 0 Å². The third-order valence-electron chi connectivity index (χ3n) is 17.0. The molecular formula is C73H142O17P2. The van der Waals surface area contributed by atoms with Gasteiger partial charge in [0.25, 0.3) is 0 Å². The lowest BCUT2D eigenvalue weighted by Crippen LogP contribution is -2.30. The van der Waals surface area contributed by atoms with Crippen molar-refractivity contribution in [1.29, 1.82) is 0 Å². The molecule has 0 aromatic heterocycles. The Morgan fingerprint density at radius 3 is 0.739 bits per heavy atom. The molecule has 2 unspecified atom stereocenters. The van der Waals surface area contributed by atoms with Crippen molar-refractivity contribution < 1.29 is 80.2 Å². The maximum atomic E-state index is 13.1. The molecule has 0 saturated carbocycles. The molecule has 0 fully saturated rings. The fourth-order valence-corrected chi connectivity index (χ4v) is 12.8. The highest BCUT2D eigenvalue weighted by Crippen LogP contribution is 2.45. The minimum Gasteiger partial charge on any atom is -0.462 e. The molecule has 0 aliphatic carbocycles. The highest BCUT2D eigenvalue weighted by atomic mass is 31.2. The third kappa shape index (κ3) is 66.7. The van der Waals surface area contributed by atoms with Gasteiger partial charge < -0.3 is 33.8 Å². The SMILES string of the molecule is CCCCCCCCCCCCCCCCCCCCCC(=O)O[C@H](COC(=O)CCCCCCCCCCCCCC(C)C)COP(=O)(O)OC[C@@H](O)COP(=O)(O)OC[C@@H](COC(=O)CCCCCCCCCC)OC(=O)CCCCCCCCCCCCC. The van der Waals surface area contributed by atoms with E-state index in [4.69, 9.17) is 37.0 Å². The Hall–Kier alpha value is -1.94. The van der Waals surface area contributed by atoms with Gasteiger partial charge in [0.15, 0.2) is 12.2 Å². The number of hydrogen-bond donors (Lipinski definition) is 3. The number of aliphatic hydroxyl groups excluding tert-OH is 1. The Morgan fingerprint density at radius 1 is 0.293 bits per heavy atom. The number of ether oxygens (including phenoxy) is 4. The first-order chi connectivity index (χ1) is 44.5. The summed E-state index contributed by atoms with van der Waals surface area (Å²) in [5.74, 6) is -1.35. The molecule has 0 rings (SSSR count). The number of carbonyl (C=O) groups is 4. The van der Waals surface area contributed by atoms with Gasteiger partial charge in [-0.3, -0.25) is 37.3 Å². The first kappa shape index (κ1) is 90.1. The smallest absolute Gasteiger partial charge is 0.462 e. The summed E-state index contributed by atoms with van der Waals surface area (Å²) in [7, 11) is -9.90. The predicted octanol–water partition coefficient (Wildman–Crippen LogP) is 21.3. The molecule has 5 atom stereocenters. The van der Waals surface area contributed by atoms with Crippen LogP contribution in [0.3, 0.4) is 0 Å². The zero-order chi connectivity index (χ0) is 67.7. The molecule has 17 nitrogen and oxygen atoms in total. The molecule has 0 aliphatic heterocycles. The molecule has 0 heterocycles. The number of esters is 4. The Bertz CT molecular complexity index is 1770. The molecule has 0 aromatic carbocycles. The number of unbranched alkanes of at least 4 members (excludes halogenated alkanes) is 45. The summed E-state index contributed by atoms with van der Waals surface area (Å²) in [6.45, 7) is 7.25. The Kier molecular flexibility index (Phi) is 64.9. The van der Waals surface area contributed by atoms with E-state index < -0.39 is 97.5 Å². The van der Waals surface area contributed by atoms with E-state index in [1.807, 2.05) is 0 Å². The summed E-state index contributed by atoms with van der Waals surface area (Å²) >= 11 is 0. The van der Waals surface area contributed by atoms with E-state index in [9.17, 15) is 43.2 Å². The average Bonchev–Trinajstić information content (AvgIpc) is 3.57. The monoisotopic (exact) mass is 1350 g/mol. The summed E-state index contributed by atoms with van der Waals surface area (Å²) in [6, 6.07) is 0. The molecule has 0 amide bonds. The fraction of sp³-hybridized carbons (Fsp3) is 0.945. The second kappa shape index (κ2) is 66.3. The van der Waals surface area contributed by atoms with Crippen molar-refractivity contribution in [2.24, 2.45) is 5.92 Å². The van der Waals surface area contributed by atoms with Crippen LogP contribution in [0.15, 0.2) is 0 Å². The predicted molar refractivity (Wildman–Crippen MR) is 372 cm³/mol. The summed E-state index contributed by atoms with van der Waals surface area (Å²) in [6.07, 6.45) is 54.1. The van der Waals surface area contributed by atoms with E-state index in [0.717, 1.165) is 102 Å². The normalized spacial score (nSPS) is 14.0. The van der Waals surface area contributed by atoms with Crippen LogP contribution in [0, 0.1) is 5.92 Å². The maximum Gasteiger partial charge on any atom is 0.472 e. The second-order valence-corrected chi connectivity index (χ2v) is 29.7. The van der Waals surface area contributed by atoms with Crippen molar-refractivity contribution in [3.8, 4) is 0 Å². The molecule has 0 radical (unpaired) electrons. The van der Waals surface area contributed by atoms with Gasteiger partial charge in [-0.15, -0.1) is 0 Å². The molecule has 0 spiro atoms. The van der Waals surface area contributed by atoms with Crippen molar-refractivity contribution in [3.05, 3.63) is 0 Å². The quantitative estimate of drug-likeness (QED) is 0.0222. The van der Waals surface area contributed by atoms with Crippen LogP contribution in [-0.4, -0.2) is 96.7 Å². The minimum absolute atomic E-state index is 0.107. The van der Waals surface area contributed by atoms with E-state index in [1.165, 1.54) is 199 Å². The zero-order valence-corrected chi connectivity index (χ0v) is 61.5. The van der Waals surface area contributed by atoms with Gasteiger partial charge in [0.1, 0.15) is 19.3 Å². The molecular weight excluding hydrogens is 1210 g/mol. The number of aliphatic hydroxyl groups is 1. The molecule has 92 heavy (non-hydrogen) atoms. The molecule has 0 saturated heterocycles. The van der Waals surface area contributed by atoms with E-state index in [-0.39, 0.29) is 25.7 Å².